The SMILES string of the molecule is Oc1c(Cl)cc(NCc2cccc(Br)n2)cc1Cl. The molecular formula is C12H9BrCl2N2O. The Bertz CT molecular complexity index is 555. The molecule has 1 aromatic carbocycles. The molecule has 0 fully saturated rings. The summed E-state index contributed by atoms with van der Waals surface area (Å²) in [4.78, 5) is 4.29. The molecule has 18 heavy (non-hydrogen) atoms. The highest BCUT2D eigenvalue weighted by molar-refractivity contribution is 9.10. The number of nitrogens with zero attached hydrogens (tertiary/aromatic N) is 1. The Hall–Kier alpha value is -0.970. The molecule has 0 amide bonds. The monoisotopic (exact) mass is 346 g/mol. The Kier molecular flexibility index (Phi) is 4.32. The van der Waals surface area contributed by atoms with Crippen LogP contribution in [0, 0.1) is 0 Å². The van der Waals surface area contributed by atoms with E-state index in [1.807, 2.05) is 18.2 Å². The van der Waals surface area contributed by atoms with Gasteiger partial charge >= 0.3 is 0 Å². The van der Waals surface area contributed by atoms with Gasteiger partial charge in [-0.2, -0.15) is 0 Å². The number of pyridine rings is 1. The minimum absolute atomic E-state index is 0.107. The summed E-state index contributed by atoms with van der Waals surface area (Å²) in [5, 5.41) is 13.0. The largest absolute Gasteiger partial charge is 0.505 e. The average Bonchev–Trinajstić information content (AvgIpc) is 2.33. The van der Waals surface area contributed by atoms with Crippen molar-refractivity contribution in [1.82, 2.24) is 4.98 Å². The van der Waals surface area contributed by atoms with Crippen molar-refractivity contribution < 1.29 is 5.11 Å². The van der Waals surface area contributed by atoms with Gasteiger partial charge in [0.2, 0.25) is 0 Å². The quantitative estimate of drug-likeness (QED) is 0.636. The van der Waals surface area contributed by atoms with Gasteiger partial charge in [0.05, 0.1) is 22.3 Å². The summed E-state index contributed by atoms with van der Waals surface area (Å²) in [6.45, 7) is 0.539. The lowest BCUT2D eigenvalue weighted by molar-refractivity contribution is 0.476. The molecular weight excluding hydrogens is 339 g/mol. The van der Waals surface area contributed by atoms with Crippen molar-refractivity contribution in [2.24, 2.45) is 0 Å². The van der Waals surface area contributed by atoms with Gasteiger partial charge in [0, 0.05) is 5.69 Å². The summed E-state index contributed by atoms with van der Waals surface area (Å²) < 4.78 is 0.781. The van der Waals surface area contributed by atoms with Crippen LogP contribution in [0.1, 0.15) is 5.69 Å². The van der Waals surface area contributed by atoms with E-state index in [0.29, 0.717) is 6.54 Å². The van der Waals surface area contributed by atoms with Gasteiger partial charge in [-0.05, 0) is 40.2 Å². The van der Waals surface area contributed by atoms with Crippen molar-refractivity contribution in [2.75, 3.05) is 5.32 Å². The van der Waals surface area contributed by atoms with Crippen molar-refractivity contribution in [3.8, 4) is 5.75 Å². The molecule has 3 nitrogen and oxygen atoms in total. The van der Waals surface area contributed by atoms with E-state index in [9.17, 15) is 5.11 Å². The summed E-state index contributed by atoms with van der Waals surface area (Å²) in [5.74, 6) is -0.107. The van der Waals surface area contributed by atoms with Gasteiger partial charge in [-0.25, -0.2) is 4.98 Å². The zero-order chi connectivity index (χ0) is 13.1. The molecule has 0 saturated heterocycles. The normalized spacial score (nSPS) is 10.4. The van der Waals surface area contributed by atoms with E-state index in [0.717, 1.165) is 16.0 Å². The predicted molar refractivity (Wildman–Crippen MR) is 77.4 cm³/mol. The summed E-state index contributed by atoms with van der Waals surface area (Å²) >= 11 is 15.0. The van der Waals surface area contributed by atoms with E-state index in [1.54, 1.807) is 12.1 Å². The van der Waals surface area contributed by atoms with Crippen molar-refractivity contribution in [3.05, 3.63) is 50.7 Å². The van der Waals surface area contributed by atoms with Crippen LogP contribution in [0.2, 0.25) is 10.0 Å². The molecule has 2 rings (SSSR count). The van der Waals surface area contributed by atoms with E-state index in [2.05, 4.69) is 26.2 Å². The van der Waals surface area contributed by atoms with E-state index < -0.39 is 0 Å². The molecule has 0 aliphatic carbocycles. The van der Waals surface area contributed by atoms with Crippen molar-refractivity contribution in [1.29, 1.82) is 0 Å². The second kappa shape index (κ2) is 5.78. The van der Waals surface area contributed by atoms with Gasteiger partial charge < -0.3 is 10.4 Å². The summed E-state index contributed by atoms with van der Waals surface area (Å²) in [6.07, 6.45) is 0. The van der Waals surface area contributed by atoms with Crippen molar-refractivity contribution >= 4 is 44.8 Å². The predicted octanol–water partition coefficient (Wildman–Crippen LogP) is 4.47. The van der Waals surface area contributed by atoms with Crippen LogP contribution in [0.3, 0.4) is 0 Å². The zero-order valence-corrected chi connectivity index (χ0v) is 12.2. The molecule has 0 aliphatic heterocycles. The van der Waals surface area contributed by atoms with Gasteiger partial charge in [-0.1, -0.05) is 29.3 Å². The highest BCUT2D eigenvalue weighted by atomic mass is 79.9. The fraction of sp³-hybridized carbons (Fsp3) is 0.0833. The number of benzene rings is 1. The van der Waals surface area contributed by atoms with Gasteiger partial charge in [-0.15, -0.1) is 0 Å². The Morgan fingerprint density at radius 3 is 2.50 bits per heavy atom. The first kappa shape index (κ1) is 13.5. The molecule has 0 atom stereocenters. The molecule has 0 aliphatic rings. The van der Waals surface area contributed by atoms with Crippen LogP contribution < -0.4 is 5.32 Å². The highest BCUT2D eigenvalue weighted by Gasteiger charge is 2.06. The minimum Gasteiger partial charge on any atom is -0.505 e. The fourth-order valence-electron chi connectivity index (χ4n) is 1.41. The van der Waals surface area contributed by atoms with Crippen LogP contribution >= 0.6 is 39.1 Å². The molecule has 0 unspecified atom stereocenters. The zero-order valence-electron chi connectivity index (χ0n) is 9.12. The molecule has 94 valence electrons. The molecule has 0 spiro atoms. The van der Waals surface area contributed by atoms with Crippen LogP contribution in [0.5, 0.6) is 5.75 Å². The first-order chi connectivity index (χ1) is 8.56. The number of phenols is 1. The Morgan fingerprint density at radius 2 is 1.89 bits per heavy atom. The standard InChI is InChI=1S/C12H9BrCl2N2O/c13-11-3-1-2-7(17-11)6-16-8-4-9(14)12(18)10(15)5-8/h1-5,16,18H,6H2. The topological polar surface area (TPSA) is 45.1 Å². The lowest BCUT2D eigenvalue weighted by atomic mass is 10.3. The molecule has 0 bridgehead atoms. The highest BCUT2D eigenvalue weighted by Crippen LogP contribution is 2.34. The molecule has 2 N–H and O–H groups in total. The fourth-order valence-corrected chi connectivity index (χ4v) is 2.28. The third-order valence-electron chi connectivity index (χ3n) is 2.26. The van der Waals surface area contributed by atoms with Crippen molar-refractivity contribution in [3.63, 3.8) is 0 Å². The molecule has 2 aromatic rings. The number of anilines is 1. The molecule has 0 saturated carbocycles. The van der Waals surface area contributed by atoms with Crippen LogP contribution in [-0.2, 0) is 6.54 Å². The Balaban J connectivity index is 2.11. The summed E-state index contributed by atoms with van der Waals surface area (Å²) in [5.41, 5.74) is 1.61. The Labute approximate surface area is 123 Å². The van der Waals surface area contributed by atoms with E-state index in [4.69, 9.17) is 23.2 Å². The number of nitrogens with one attached hydrogen (secondary N) is 1. The number of aromatic nitrogens is 1. The second-order valence-corrected chi connectivity index (χ2v) is 5.22. The Morgan fingerprint density at radius 1 is 1.22 bits per heavy atom. The van der Waals surface area contributed by atoms with Crippen LogP contribution in [0.15, 0.2) is 34.9 Å². The van der Waals surface area contributed by atoms with Crippen molar-refractivity contribution in [2.45, 2.75) is 6.54 Å². The lowest BCUT2D eigenvalue weighted by Crippen LogP contribution is -2.01. The van der Waals surface area contributed by atoms with Gasteiger partial charge in [0.25, 0.3) is 0 Å². The molecule has 1 heterocycles. The number of aromatic hydroxyl groups is 1. The van der Waals surface area contributed by atoms with Crippen LogP contribution in [0.25, 0.3) is 0 Å². The number of rotatable bonds is 3. The van der Waals surface area contributed by atoms with E-state index in [1.165, 1.54) is 0 Å². The summed E-state index contributed by atoms with van der Waals surface area (Å²) in [6, 6.07) is 8.89. The first-order valence-corrected chi connectivity index (χ1v) is 6.64. The smallest absolute Gasteiger partial charge is 0.152 e. The number of halogens is 3. The average molecular weight is 348 g/mol. The maximum atomic E-state index is 9.44. The maximum absolute atomic E-state index is 9.44. The van der Waals surface area contributed by atoms with E-state index >= 15 is 0 Å². The van der Waals surface area contributed by atoms with Gasteiger partial charge in [0.1, 0.15) is 4.60 Å². The van der Waals surface area contributed by atoms with Crippen LogP contribution in [-0.4, -0.2) is 10.1 Å². The number of phenolic OH excluding ortho intramolecular Hbond substituents is 1. The first-order valence-electron chi connectivity index (χ1n) is 5.09. The maximum Gasteiger partial charge on any atom is 0.152 e. The van der Waals surface area contributed by atoms with Gasteiger partial charge in [0.15, 0.2) is 5.75 Å². The van der Waals surface area contributed by atoms with E-state index in [-0.39, 0.29) is 15.8 Å². The van der Waals surface area contributed by atoms with Gasteiger partial charge in [-0.3, -0.25) is 0 Å². The minimum atomic E-state index is -0.107. The second-order valence-electron chi connectivity index (χ2n) is 3.59. The lowest BCUT2D eigenvalue weighted by Gasteiger charge is -2.08. The van der Waals surface area contributed by atoms with Crippen LogP contribution in [0.4, 0.5) is 5.69 Å². The summed E-state index contributed by atoms with van der Waals surface area (Å²) in [7, 11) is 0. The molecule has 1 aromatic heterocycles. The third kappa shape index (κ3) is 3.28. The molecule has 0 radical (unpaired) electrons. The third-order valence-corrected chi connectivity index (χ3v) is 3.28. The molecule has 6 heteroatoms. The number of hydrogen-bond donors (Lipinski definition) is 2. The number of hydrogen-bond acceptors (Lipinski definition) is 3.